The molecule has 1 atom stereocenters. The number of benzene rings is 3. The van der Waals surface area contributed by atoms with Crippen LogP contribution in [0.1, 0.15) is 29.5 Å². The molecule has 2 N–H and O–H groups in total. The van der Waals surface area contributed by atoms with E-state index < -0.39 is 12.1 Å². The molecule has 3 aromatic rings. The zero-order valence-electron chi connectivity index (χ0n) is 16.7. The van der Waals surface area contributed by atoms with Gasteiger partial charge in [-0.05, 0) is 28.9 Å². The lowest BCUT2D eigenvalue weighted by Crippen LogP contribution is -2.26. The van der Waals surface area contributed by atoms with E-state index in [2.05, 4.69) is 72.8 Å². The van der Waals surface area contributed by atoms with Gasteiger partial charge in [0.15, 0.2) is 0 Å². The Morgan fingerprint density at radius 1 is 0.833 bits per heavy atom. The Hall–Kier alpha value is -2.82. The third-order valence-corrected chi connectivity index (χ3v) is 6.47. The smallest absolute Gasteiger partial charge is 0.306 e. The third kappa shape index (κ3) is 5.41. The first-order valence-electron chi connectivity index (χ1n) is 10.00. The first-order chi connectivity index (χ1) is 14.6. The second-order valence-electron chi connectivity index (χ2n) is 7.01. The number of allylic oxidation sites excluding steroid dienone is 1. The SMILES string of the molecule is O=C(O)C[C@H](O)/C=C\CCSC(c1ccccc1)(c1ccccc1)c1ccccc1. The summed E-state index contributed by atoms with van der Waals surface area (Å²) in [6.45, 7) is 0. The topological polar surface area (TPSA) is 57.5 Å². The van der Waals surface area contributed by atoms with Crippen molar-refractivity contribution in [1.82, 2.24) is 0 Å². The van der Waals surface area contributed by atoms with Crippen molar-refractivity contribution in [3.05, 3.63) is 120 Å². The minimum absolute atomic E-state index is 0.272. The highest BCUT2D eigenvalue weighted by molar-refractivity contribution is 8.00. The first kappa shape index (κ1) is 21.9. The molecule has 4 heteroatoms. The molecule has 0 heterocycles. The molecule has 0 spiro atoms. The summed E-state index contributed by atoms with van der Waals surface area (Å²) < 4.78 is -0.364. The molecule has 3 aromatic carbocycles. The lowest BCUT2D eigenvalue weighted by molar-refractivity contribution is -0.138. The molecule has 0 amide bonds. The Kier molecular flexibility index (Phi) is 7.89. The summed E-state index contributed by atoms with van der Waals surface area (Å²) in [5.74, 6) is -0.188. The maximum atomic E-state index is 10.7. The number of carbonyl (C=O) groups is 1. The lowest BCUT2D eigenvalue weighted by Gasteiger charge is -2.35. The standard InChI is InChI=1S/C26H26O3S/c27-24(20-25(28)29)18-10-11-19-30-26(21-12-4-1-5-13-21,22-14-6-2-7-15-22)23-16-8-3-9-17-23/h1-10,12-18,24,27H,11,19-20H2,(H,28,29)/b18-10-/t24-/m1/s1. The summed E-state index contributed by atoms with van der Waals surface area (Å²) in [4.78, 5) is 10.7. The van der Waals surface area contributed by atoms with E-state index in [0.29, 0.717) is 0 Å². The number of aliphatic carboxylic acids is 1. The van der Waals surface area contributed by atoms with Crippen molar-refractivity contribution in [3.63, 3.8) is 0 Å². The summed E-state index contributed by atoms with van der Waals surface area (Å²) in [6, 6.07) is 31.5. The van der Waals surface area contributed by atoms with Crippen molar-refractivity contribution >= 4 is 17.7 Å². The van der Waals surface area contributed by atoms with Crippen LogP contribution in [0.15, 0.2) is 103 Å². The molecule has 0 aromatic heterocycles. The Labute approximate surface area is 182 Å². The largest absolute Gasteiger partial charge is 0.481 e. The zero-order chi connectivity index (χ0) is 21.2. The predicted octanol–water partition coefficient (Wildman–Crippen LogP) is 5.49. The quantitative estimate of drug-likeness (QED) is 0.260. The highest BCUT2D eigenvalue weighted by Gasteiger charge is 2.36. The van der Waals surface area contributed by atoms with Gasteiger partial charge in [-0.15, -0.1) is 11.8 Å². The van der Waals surface area contributed by atoms with Gasteiger partial charge in [0, 0.05) is 0 Å². The van der Waals surface area contributed by atoms with Gasteiger partial charge in [0.2, 0.25) is 0 Å². The lowest BCUT2D eigenvalue weighted by atomic mass is 9.84. The molecule has 0 saturated carbocycles. The fraction of sp³-hybridized carbons (Fsp3) is 0.192. The highest BCUT2D eigenvalue weighted by atomic mass is 32.2. The van der Waals surface area contributed by atoms with Gasteiger partial charge in [-0.1, -0.05) is 103 Å². The number of rotatable bonds is 10. The maximum absolute atomic E-state index is 10.7. The van der Waals surface area contributed by atoms with E-state index in [1.165, 1.54) is 16.7 Å². The predicted molar refractivity (Wildman–Crippen MR) is 124 cm³/mol. The van der Waals surface area contributed by atoms with Gasteiger partial charge in [0.25, 0.3) is 0 Å². The number of hydrogen-bond acceptors (Lipinski definition) is 3. The highest BCUT2D eigenvalue weighted by Crippen LogP contribution is 2.48. The number of aliphatic hydroxyl groups excluding tert-OH is 1. The maximum Gasteiger partial charge on any atom is 0.306 e. The average Bonchev–Trinajstić information content (AvgIpc) is 2.78. The van der Waals surface area contributed by atoms with Gasteiger partial charge in [0.05, 0.1) is 17.3 Å². The molecular weight excluding hydrogens is 392 g/mol. The Morgan fingerprint density at radius 3 is 1.67 bits per heavy atom. The van der Waals surface area contributed by atoms with E-state index in [1.54, 1.807) is 6.08 Å². The van der Waals surface area contributed by atoms with Gasteiger partial charge in [-0.3, -0.25) is 4.79 Å². The van der Waals surface area contributed by atoms with E-state index in [4.69, 9.17) is 5.11 Å². The minimum Gasteiger partial charge on any atom is -0.481 e. The molecule has 0 radical (unpaired) electrons. The fourth-order valence-corrected chi connectivity index (χ4v) is 5.02. The molecule has 3 rings (SSSR count). The van der Waals surface area contributed by atoms with Crippen LogP contribution >= 0.6 is 11.8 Å². The van der Waals surface area contributed by atoms with Crippen LogP contribution in [0.3, 0.4) is 0 Å². The van der Waals surface area contributed by atoms with Crippen LogP contribution in [0.2, 0.25) is 0 Å². The summed E-state index contributed by atoms with van der Waals surface area (Å²) in [5, 5.41) is 18.5. The van der Waals surface area contributed by atoms with E-state index in [-0.39, 0.29) is 11.2 Å². The van der Waals surface area contributed by atoms with Gasteiger partial charge in [0.1, 0.15) is 0 Å². The fourth-order valence-electron chi connectivity index (χ4n) is 3.55. The summed E-state index contributed by atoms with van der Waals surface area (Å²) >= 11 is 1.84. The number of aliphatic hydroxyl groups is 1. The normalized spacial score (nSPS) is 12.7. The van der Waals surface area contributed by atoms with Crippen LogP contribution < -0.4 is 0 Å². The monoisotopic (exact) mass is 418 g/mol. The van der Waals surface area contributed by atoms with Crippen LogP contribution in [-0.4, -0.2) is 28.0 Å². The molecule has 0 bridgehead atoms. The van der Waals surface area contributed by atoms with Crippen LogP contribution in [0.4, 0.5) is 0 Å². The Bertz CT molecular complexity index is 843. The van der Waals surface area contributed by atoms with Crippen molar-refractivity contribution < 1.29 is 15.0 Å². The van der Waals surface area contributed by atoms with Gasteiger partial charge >= 0.3 is 5.97 Å². The second kappa shape index (κ2) is 10.8. The van der Waals surface area contributed by atoms with Crippen molar-refractivity contribution in [3.8, 4) is 0 Å². The summed E-state index contributed by atoms with van der Waals surface area (Å²) in [7, 11) is 0. The van der Waals surface area contributed by atoms with Gasteiger partial charge < -0.3 is 10.2 Å². The van der Waals surface area contributed by atoms with Crippen LogP contribution in [0.25, 0.3) is 0 Å². The van der Waals surface area contributed by atoms with Gasteiger partial charge in [-0.2, -0.15) is 0 Å². The van der Waals surface area contributed by atoms with E-state index in [0.717, 1.165) is 12.2 Å². The van der Waals surface area contributed by atoms with Gasteiger partial charge in [-0.25, -0.2) is 0 Å². The first-order valence-corrected chi connectivity index (χ1v) is 11.0. The second-order valence-corrected chi connectivity index (χ2v) is 8.32. The molecule has 0 unspecified atom stereocenters. The van der Waals surface area contributed by atoms with Crippen molar-refractivity contribution in [2.75, 3.05) is 5.75 Å². The molecular formula is C26H26O3S. The number of carboxylic acid groups (broad SMARTS) is 1. The van der Waals surface area contributed by atoms with Crippen LogP contribution in [0, 0.1) is 0 Å². The van der Waals surface area contributed by atoms with Crippen LogP contribution in [0.5, 0.6) is 0 Å². The van der Waals surface area contributed by atoms with Crippen LogP contribution in [-0.2, 0) is 9.54 Å². The molecule has 0 fully saturated rings. The molecule has 0 saturated heterocycles. The zero-order valence-corrected chi connectivity index (χ0v) is 17.5. The molecule has 0 aliphatic heterocycles. The Balaban J connectivity index is 1.92. The average molecular weight is 419 g/mol. The summed E-state index contributed by atoms with van der Waals surface area (Å²) in [5.41, 5.74) is 3.63. The molecule has 3 nitrogen and oxygen atoms in total. The summed E-state index contributed by atoms with van der Waals surface area (Å²) in [6.07, 6.45) is 2.95. The van der Waals surface area contributed by atoms with E-state index >= 15 is 0 Å². The van der Waals surface area contributed by atoms with Crippen molar-refractivity contribution in [2.24, 2.45) is 0 Å². The minimum atomic E-state index is -1.00. The molecule has 154 valence electrons. The number of thioether (sulfide) groups is 1. The van der Waals surface area contributed by atoms with Crippen molar-refractivity contribution in [1.29, 1.82) is 0 Å². The van der Waals surface area contributed by atoms with E-state index in [1.807, 2.05) is 36.0 Å². The van der Waals surface area contributed by atoms with Crippen molar-refractivity contribution in [2.45, 2.75) is 23.7 Å². The molecule has 0 aliphatic rings. The number of carboxylic acids is 1. The third-order valence-electron chi connectivity index (χ3n) is 4.89. The molecule has 30 heavy (non-hydrogen) atoms. The molecule has 0 aliphatic carbocycles. The number of hydrogen-bond donors (Lipinski definition) is 2. The Morgan fingerprint density at radius 2 is 1.27 bits per heavy atom. The van der Waals surface area contributed by atoms with E-state index in [9.17, 15) is 9.90 Å².